The van der Waals surface area contributed by atoms with E-state index < -0.39 is 18.1 Å². The fourth-order valence-corrected chi connectivity index (χ4v) is 2.44. The summed E-state index contributed by atoms with van der Waals surface area (Å²) in [5.41, 5.74) is 0.659. The van der Waals surface area contributed by atoms with Crippen LogP contribution in [-0.4, -0.2) is 41.3 Å². The zero-order chi connectivity index (χ0) is 15.9. The molecule has 1 saturated heterocycles. The second-order valence-corrected chi connectivity index (χ2v) is 5.07. The average molecular weight is 307 g/mol. The molecule has 0 radical (unpaired) electrons. The molecule has 7 nitrogen and oxygen atoms in total. The smallest absolute Gasteiger partial charge is 0.315 e. The zero-order valence-corrected chi connectivity index (χ0v) is 12.6. The van der Waals surface area contributed by atoms with Crippen LogP contribution in [0, 0.1) is 0 Å². The Morgan fingerprint density at radius 2 is 2.32 bits per heavy atom. The van der Waals surface area contributed by atoms with E-state index in [1.54, 1.807) is 25.3 Å². The van der Waals surface area contributed by atoms with Crippen molar-refractivity contribution in [3.8, 4) is 0 Å². The molecule has 1 aromatic rings. The van der Waals surface area contributed by atoms with Crippen LogP contribution < -0.4 is 10.2 Å². The number of ether oxygens (including phenoxy) is 1. The predicted octanol–water partition coefficient (Wildman–Crippen LogP) is 1.28. The quantitative estimate of drug-likeness (QED) is 0.629. The average Bonchev–Trinajstić information content (AvgIpc) is 2.48. The molecule has 2 heterocycles. The highest BCUT2D eigenvalue weighted by Gasteiger charge is 2.23. The number of esters is 1. The van der Waals surface area contributed by atoms with Gasteiger partial charge < -0.3 is 20.1 Å². The Bertz CT molecular complexity index is 535. The number of pyridine rings is 1. The third-order valence-electron chi connectivity index (χ3n) is 3.43. The van der Waals surface area contributed by atoms with E-state index in [0.717, 1.165) is 12.8 Å². The summed E-state index contributed by atoms with van der Waals surface area (Å²) in [6.45, 7) is 2.62. The van der Waals surface area contributed by atoms with Crippen LogP contribution in [0.15, 0.2) is 18.3 Å². The van der Waals surface area contributed by atoms with Crippen molar-refractivity contribution in [2.45, 2.75) is 38.8 Å². The Kier molecular flexibility index (Phi) is 5.71. The molecule has 1 aliphatic heterocycles. The lowest BCUT2D eigenvalue weighted by atomic mass is 10.1. The third kappa shape index (κ3) is 4.17. The van der Waals surface area contributed by atoms with Crippen molar-refractivity contribution in [1.82, 2.24) is 4.98 Å². The van der Waals surface area contributed by atoms with Crippen LogP contribution >= 0.6 is 0 Å². The van der Waals surface area contributed by atoms with Gasteiger partial charge in [0.1, 0.15) is 12.6 Å². The number of nitrogens with one attached hydrogen (secondary N) is 1. The van der Waals surface area contributed by atoms with E-state index in [1.807, 2.05) is 4.90 Å². The van der Waals surface area contributed by atoms with Gasteiger partial charge in [-0.05, 0) is 38.3 Å². The van der Waals surface area contributed by atoms with Gasteiger partial charge in [-0.15, -0.1) is 0 Å². The summed E-state index contributed by atoms with van der Waals surface area (Å²) < 4.78 is 4.74. The summed E-state index contributed by atoms with van der Waals surface area (Å²) in [5.74, 6) is -0.710. The van der Waals surface area contributed by atoms with Gasteiger partial charge in [0.2, 0.25) is 5.91 Å². The van der Waals surface area contributed by atoms with Crippen LogP contribution in [0.4, 0.5) is 11.5 Å². The second kappa shape index (κ2) is 7.74. The molecule has 2 N–H and O–H groups in total. The molecule has 0 bridgehead atoms. The number of rotatable bonds is 5. The van der Waals surface area contributed by atoms with E-state index in [2.05, 4.69) is 10.3 Å². The monoisotopic (exact) mass is 307 g/mol. The van der Waals surface area contributed by atoms with Crippen molar-refractivity contribution in [3.63, 3.8) is 0 Å². The Balaban J connectivity index is 2.08. The Labute approximate surface area is 129 Å². The van der Waals surface area contributed by atoms with Crippen molar-refractivity contribution in [2.24, 2.45) is 0 Å². The van der Waals surface area contributed by atoms with Crippen molar-refractivity contribution in [3.05, 3.63) is 18.3 Å². The normalized spacial score (nSPS) is 17.9. The summed E-state index contributed by atoms with van der Waals surface area (Å²) in [5, 5.41) is 12.7. The fourth-order valence-electron chi connectivity index (χ4n) is 2.44. The van der Waals surface area contributed by atoms with Gasteiger partial charge in [-0.1, -0.05) is 0 Å². The first-order valence-electron chi connectivity index (χ1n) is 7.47. The topological polar surface area (TPSA) is 91.8 Å². The molecular weight excluding hydrogens is 286 g/mol. The van der Waals surface area contributed by atoms with Gasteiger partial charge in [0.15, 0.2) is 5.82 Å². The molecule has 0 spiro atoms. The number of aromatic nitrogens is 1. The predicted molar refractivity (Wildman–Crippen MR) is 81.3 cm³/mol. The minimum Gasteiger partial charge on any atom is -0.466 e. The molecule has 0 saturated carbocycles. The molecule has 1 aromatic heterocycles. The maximum Gasteiger partial charge on any atom is 0.315 e. The van der Waals surface area contributed by atoms with Crippen molar-refractivity contribution in [2.75, 3.05) is 23.4 Å². The highest BCUT2D eigenvalue weighted by atomic mass is 16.5. The van der Waals surface area contributed by atoms with Crippen molar-refractivity contribution >= 4 is 23.4 Å². The fraction of sp³-hybridized carbons (Fsp3) is 0.533. The van der Waals surface area contributed by atoms with Crippen LogP contribution in [0.2, 0.25) is 0 Å². The number of carbonyl (C=O) groups is 2. The Morgan fingerprint density at radius 1 is 1.50 bits per heavy atom. The van der Waals surface area contributed by atoms with Gasteiger partial charge in [-0.3, -0.25) is 9.59 Å². The lowest BCUT2D eigenvalue weighted by Gasteiger charge is -2.34. The highest BCUT2D eigenvalue weighted by molar-refractivity contribution is 6.02. The minimum atomic E-state index is -0.585. The number of nitrogens with zero attached hydrogens (tertiary/aromatic N) is 2. The number of hydrogen-bond acceptors (Lipinski definition) is 6. The summed E-state index contributed by atoms with van der Waals surface area (Å²) >= 11 is 0. The summed E-state index contributed by atoms with van der Waals surface area (Å²) in [7, 11) is 0. The maximum atomic E-state index is 11.9. The van der Waals surface area contributed by atoms with Crippen LogP contribution in [0.5, 0.6) is 0 Å². The Hall–Kier alpha value is -2.15. The molecule has 120 valence electrons. The Morgan fingerprint density at radius 3 is 3.05 bits per heavy atom. The first kappa shape index (κ1) is 16.2. The van der Waals surface area contributed by atoms with Gasteiger partial charge >= 0.3 is 5.97 Å². The van der Waals surface area contributed by atoms with Gasteiger partial charge in [0.25, 0.3) is 0 Å². The van der Waals surface area contributed by atoms with Gasteiger partial charge in [-0.2, -0.15) is 0 Å². The molecule has 22 heavy (non-hydrogen) atoms. The molecule has 7 heteroatoms. The minimum absolute atomic E-state index is 0.237. The summed E-state index contributed by atoms with van der Waals surface area (Å²) in [4.78, 5) is 29.2. The van der Waals surface area contributed by atoms with E-state index in [0.29, 0.717) is 24.5 Å². The molecule has 0 aliphatic carbocycles. The van der Waals surface area contributed by atoms with E-state index in [4.69, 9.17) is 4.74 Å². The zero-order valence-electron chi connectivity index (χ0n) is 12.6. The van der Waals surface area contributed by atoms with Crippen LogP contribution in [0.3, 0.4) is 0 Å². The highest BCUT2D eigenvalue weighted by Crippen LogP contribution is 2.28. The second-order valence-electron chi connectivity index (χ2n) is 5.07. The SMILES string of the molecule is CCOC(=O)CC(=O)Nc1ncccc1N1CCCCC1O. The van der Waals surface area contributed by atoms with E-state index in [-0.39, 0.29) is 13.0 Å². The molecule has 0 aromatic carbocycles. The van der Waals surface area contributed by atoms with Gasteiger partial charge in [-0.25, -0.2) is 4.98 Å². The number of aliphatic hydroxyl groups is 1. The number of piperidine rings is 1. The largest absolute Gasteiger partial charge is 0.466 e. The number of anilines is 2. The third-order valence-corrected chi connectivity index (χ3v) is 3.43. The van der Waals surface area contributed by atoms with E-state index in [9.17, 15) is 14.7 Å². The molecule has 1 atom stereocenters. The van der Waals surface area contributed by atoms with Crippen LogP contribution in [0.1, 0.15) is 32.6 Å². The first-order chi connectivity index (χ1) is 10.6. The molecule has 1 amide bonds. The van der Waals surface area contributed by atoms with Gasteiger partial charge in [0, 0.05) is 12.7 Å². The first-order valence-corrected chi connectivity index (χ1v) is 7.47. The van der Waals surface area contributed by atoms with Crippen LogP contribution in [-0.2, 0) is 14.3 Å². The van der Waals surface area contributed by atoms with Crippen LogP contribution in [0.25, 0.3) is 0 Å². The molecule has 2 rings (SSSR count). The van der Waals surface area contributed by atoms with Gasteiger partial charge in [0.05, 0.1) is 12.3 Å². The van der Waals surface area contributed by atoms with Crippen molar-refractivity contribution in [1.29, 1.82) is 0 Å². The lowest BCUT2D eigenvalue weighted by molar-refractivity contribution is -0.145. The summed E-state index contributed by atoms with van der Waals surface area (Å²) in [6.07, 6.45) is 3.25. The number of hydrogen-bond donors (Lipinski definition) is 2. The molecule has 1 fully saturated rings. The number of aliphatic hydroxyl groups excluding tert-OH is 1. The molecule has 1 aliphatic rings. The van der Waals surface area contributed by atoms with E-state index in [1.165, 1.54) is 0 Å². The number of amides is 1. The number of carbonyl (C=O) groups excluding carboxylic acids is 2. The van der Waals surface area contributed by atoms with E-state index >= 15 is 0 Å². The standard InChI is InChI=1S/C15H21N3O4/c1-2-22-14(21)10-12(19)17-15-11(6-5-8-16-15)18-9-4-3-7-13(18)20/h5-6,8,13,20H,2-4,7,9-10H2,1H3,(H,16,17,19). The molecular formula is C15H21N3O4. The van der Waals surface area contributed by atoms with Crippen molar-refractivity contribution < 1.29 is 19.4 Å². The maximum absolute atomic E-state index is 11.9. The lowest BCUT2D eigenvalue weighted by Crippen LogP contribution is -2.40. The summed E-state index contributed by atoms with van der Waals surface area (Å²) in [6, 6.07) is 3.54. The molecule has 1 unspecified atom stereocenters.